The summed E-state index contributed by atoms with van der Waals surface area (Å²) < 4.78 is 0. The highest BCUT2D eigenvalue weighted by molar-refractivity contribution is 5.83. The molecule has 2 heterocycles. The van der Waals surface area contributed by atoms with Crippen LogP contribution in [0.3, 0.4) is 0 Å². The Labute approximate surface area is 161 Å². The molecule has 154 valence electrons. The Kier molecular flexibility index (Phi) is 7.50. The first-order chi connectivity index (χ1) is 13.3. The van der Waals surface area contributed by atoms with Gasteiger partial charge in [0.05, 0.1) is 6.10 Å². The molecule has 0 spiro atoms. The SMILES string of the molecule is Nc1ncc2c(n1)NCC(CCCCC(=O)N[C@@H](CCC(=O)O)C(=O)O)C2O. The number of carbonyl (C=O) groups excluding carboxylic acids is 1. The van der Waals surface area contributed by atoms with Gasteiger partial charge in [-0.1, -0.05) is 6.42 Å². The van der Waals surface area contributed by atoms with Crippen molar-refractivity contribution in [2.45, 2.75) is 50.7 Å². The zero-order valence-electron chi connectivity index (χ0n) is 15.3. The third-order valence-electron chi connectivity index (χ3n) is 4.64. The maximum absolute atomic E-state index is 11.9. The number of carboxylic acid groups (broad SMARTS) is 2. The fourth-order valence-electron chi connectivity index (χ4n) is 3.10. The van der Waals surface area contributed by atoms with Gasteiger partial charge in [0.1, 0.15) is 11.9 Å². The lowest BCUT2D eigenvalue weighted by Gasteiger charge is -2.30. The average Bonchev–Trinajstić information content (AvgIpc) is 2.63. The molecule has 3 atom stereocenters. The van der Waals surface area contributed by atoms with E-state index in [0.717, 1.165) is 0 Å². The number of anilines is 2. The number of carbonyl (C=O) groups is 3. The van der Waals surface area contributed by atoms with Crippen LogP contribution in [-0.4, -0.2) is 55.7 Å². The third-order valence-corrected chi connectivity index (χ3v) is 4.64. The lowest BCUT2D eigenvalue weighted by molar-refractivity contribution is -0.143. The Morgan fingerprint density at radius 2 is 2.04 bits per heavy atom. The molecule has 11 heteroatoms. The molecule has 0 saturated carbocycles. The van der Waals surface area contributed by atoms with Gasteiger partial charge in [-0.25, -0.2) is 9.78 Å². The van der Waals surface area contributed by atoms with Gasteiger partial charge in [-0.2, -0.15) is 4.98 Å². The van der Waals surface area contributed by atoms with Crippen LogP contribution in [0.5, 0.6) is 0 Å². The molecule has 0 radical (unpaired) electrons. The van der Waals surface area contributed by atoms with Gasteiger partial charge in [-0.15, -0.1) is 0 Å². The summed E-state index contributed by atoms with van der Waals surface area (Å²) in [6.45, 7) is 0.521. The quantitative estimate of drug-likeness (QED) is 0.297. The molecule has 0 bridgehead atoms. The molecular formula is C17H25N5O6. The van der Waals surface area contributed by atoms with Gasteiger partial charge in [-0.3, -0.25) is 9.59 Å². The van der Waals surface area contributed by atoms with E-state index in [0.29, 0.717) is 37.2 Å². The molecule has 28 heavy (non-hydrogen) atoms. The number of nitrogens with one attached hydrogen (secondary N) is 2. The highest BCUT2D eigenvalue weighted by atomic mass is 16.4. The van der Waals surface area contributed by atoms with E-state index in [-0.39, 0.29) is 31.1 Å². The van der Waals surface area contributed by atoms with Crippen molar-refractivity contribution in [2.75, 3.05) is 17.6 Å². The number of aliphatic hydroxyl groups is 1. The van der Waals surface area contributed by atoms with E-state index in [2.05, 4.69) is 20.6 Å². The summed E-state index contributed by atoms with van der Waals surface area (Å²) in [5.41, 5.74) is 6.12. The second-order valence-electron chi connectivity index (χ2n) is 6.75. The van der Waals surface area contributed by atoms with Crippen molar-refractivity contribution < 1.29 is 29.7 Å². The molecule has 1 aliphatic rings. The van der Waals surface area contributed by atoms with Crippen molar-refractivity contribution in [3.05, 3.63) is 11.8 Å². The molecule has 1 aliphatic heterocycles. The van der Waals surface area contributed by atoms with Crippen molar-refractivity contribution in [1.29, 1.82) is 0 Å². The molecule has 0 fully saturated rings. The summed E-state index contributed by atoms with van der Waals surface area (Å²) >= 11 is 0. The first-order valence-corrected chi connectivity index (χ1v) is 9.06. The number of amides is 1. The second kappa shape index (κ2) is 9.83. The summed E-state index contributed by atoms with van der Waals surface area (Å²) in [7, 11) is 0. The van der Waals surface area contributed by atoms with Crippen LogP contribution in [0.1, 0.15) is 50.2 Å². The molecule has 2 rings (SSSR count). The fraction of sp³-hybridized carbons (Fsp3) is 0.588. The largest absolute Gasteiger partial charge is 0.481 e. The molecule has 1 amide bonds. The predicted octanol–water partition coefficient (Wildman–Crippen LogP) is 0.129. The van der Waals surface area contributed by atoms with E-state index >= 15 is 0 Å². The van der Waals surface area contributed by atoms with Gasteiger partial charge < -0.3 is 31.7 Å². The number of aliphatic hydroxyl groups excluding tert-OH is 1. The van der Waals surface area contributed by atoms with E-state index in [4.69, 9.17) is 15.9 Å². The van der Waals surface area contributed by atoms with Gasteiger partial charge in [0.25, 0.3) is 0 Å². The molecule has 0 aromatic carbocycles. The number of nitrogens with zero attached hydrogens (tertiary/aromatic N) is 2. The summed E-state index contributed by atoms with van der Waals surface area (Å²) in [6.07, 6.45) is 2.25. The Bertz CT molecular complexity index is 728. The Morgan fingerprint density at radius 1 is 1.29 bits per heavy atom. The van der Waals surface area contributed by atoms with Crippen LogP contribution in [0.15, 0.2) is 6.20 Å². The Balaban J connectivity index is 1.73. The average molecular weight is 395 g/mol. The Hall–Kier alpha value is -2.95. The molecule has 0 saturated heterocycles. The van der Waals surface area contributed by atoms with E-state index in [9.17, 15) is 19.5 Å². The highest BCUT2D eigenvalue weighted by Crippen LogP contribution is 2.34. The number of unbranched alkanes of at least 4 members (excludes halogenated alkanes) is 1. The van der Waals surface area contributed by atoms with E-state index in [1.807, 2.05) is 0 Å². The maximum atomic E-state index is 11.9. The minimum atomic E-state index is -1.26. The summed E-state index contributed by atoms with van der Waals surface area (Å²) in [5, 5.41) is 33.6. The molecular weight excluding hydrogens is 370 g/mol. The number of aromatic nitrogens is 2. The summed E-state index contributed by atoms with van der Waals surface area (Å²) in [4.78, 5) is 41.5. The van der Waals surface area contributed by atoms with Crippen LogP contribution in [0, 0.1) is 5.92 Å². The first-order valence-electron chi connectivity index (χ1n) is 9.06. The number of nitrogens with two attached hydrogens (primary N) is 1. The minimum Gasteiger partial charge on any atom is -0.481 e. The van der Waals surface area contributed by atoms with E-state index < -0.39 is 30.0 Å². The normalized spacial score (nSPS) is 19.2. The summed E-state index contributed by atoms with van der Waals surface area (Å²) in [6, 6.07) is -1.21. The zero-order valence-corrected chi connectivity index (χ0v) is 15.3. The predicted molar refractivity (Wildman–Crippen MR) is 98.3 cm³/mol. The van der Waals surface area contributed by atoms with Crippen molar-refractivity contribution in [3.8, 4) is 0 Å². The standard InChI is InChI=1S/C17H25N5O6/c18-17-20-8-10-14(26)9(7-19-15(10)22-17)3-1-2-4-12(23)21-11(16(27)28)5-6-13(24)25/h8-9,11,14,26H,1-7H2,(H,21,23)(H,24,25)(H,27,28)(H3,18,19,20,22)/t9?,11-,14?/m0/s1. The van der Waals surface area contributed by atoms with Gasteiger partial charge in [0, 0.05) is 37.1 Å². The molecule has 0 aliphatic carbocycles. The van der Waals surface area contributed by atoms with Crippen LogP contribution in [0.4, 0.5) is 11.8 Å². The third kappa shape index (κ3) is 6.05. The molecule has 11 nitrogen and oxygen atoms in total. The fourth-order valence-corrected chi connectivity index (χ4v) is 3.10. The maximum Gasteiger partial charge on any atom is 0.326 e. The van der Waals surface area contributed by atoms with Crippen LogP contribution < -0.4 is 16.4 Å². The van der Waals surface area contributed by atoms with Crippen molar-refractivity contribution in [2.24, 2.45) is 5.92 Å². The van der Waals surface area contributed by atoms with Crippen LogP contribution in [-0.2, 0) is 14.4 Å². The van der Waals surface area contributed by atoms with Crippen LogP contribution in [0.2, 0.25) is 0 Å². The smallest absolute Gasteiger partial charge is 0.326 e. The molecule has 1 aromatic rings. The van der Waals surface area contributed by atoms with Crippen LogP contribution >= 0.6 is 0 Å². The van der Waals surface area contributed by atoms with Gasteiger partial charge in [0.2, 0.25) is 11.9 Å². The van der Waals surface area contributed by atoms with Gasteiger partial charge in [-0.05, 0) is 19.3 Å². The summed E-state index contributed by atoms with van der Waals surface area (Å²) in [5.74, 6) is -2.22. The number of aliphatic carboxylic acids is 2. The highest BCUT2D eigenvalue weighted by Gasteiger charge is 2.29. The number of hydrogen-bond acceptors (Lipinski definition) is 8. The van der Waals surface area contributed by atoms with Gasteiger partial charge in [0.15, 0.2) is 0 Å². The van der Waals surface area contributed by atoms with E-state index in [1.165, 1.54) is 6.20 Å². The van der Waals surface area contributed by atoms with Crippen molar-refractivity contribution in [3.63, 3.8) is 0 Å². The van der Waals surface area contributed by atoms with Crippen molar-refractivity contribution >= 4 is 29.6 Å². The number of hydrogen-bond donors (Lipinski definition) is 6. The van der Waals surface area contributed by atoms with E-state index in [1.54, 1.807) is 0 Å². The number of carboxylic acids is 2. The monoisotopic (exact) mass is 395 g/mol. The Morgan fingerprint density at radius 3 is 2.71 bits per heavy atom. The second-order valence-corrected chi connectivity index (χ2v) is 6.75. The van der Waals surface area contributed by atoms with Gasteiger partial charge >= 0.3 is 11.9 Å². The number of rotatable bonds is 10. The topological polar surface area (TPSA) is 188 Å². The number of nitrogen functional groups attached to an aromatic ring is 1. The molecule has 7 N–H and O–H groups in total. The lowest BCUT2D eigenvalue weighted by Crippen LogP contribution is -2.41. The zero-order chi connectivity index (χ0) is 20.7. The minimum absolute atomic E-state index is 0.0647. The molecule has 1 aromatic heterocycles. The van der Waals surface area contributed by atoms with Crippen LogP contribution in [0.25, 0.3) is 0 Å². The number of fused-ring (bicyclic) bond motifs is 1. The van der Waals surface area contributed by atoms with Crippen molar-refractivity contribution in [1.82, 2.24) is 15.3 Å². The first kappa shape index (κ1) is 21.4. The molecule has 2 unspecified atom stereocenters. The lowest BCUT2D eigenvalue weighted by atomic mass is 9.89.